The number of nitrogens with zero attached hydrogens (tertiary/aromatic N) is 2. The van der Waals surface area contributed by atoms with E-state index in [9.17, 15) is 9.59 Å². The Kier molecular flexibility index (Phi) is 7.19. The van der Waals surface area contributed by atoms with E-state index in [1.54, 1.807) is 42.5 Å². The molecule has 0 unspecified atom stereocenters. The molecule has 2 aromatic rings. The SMILES string of the molecule is Cc1cc(N(CCC#N)C(=O)COC(=O)c2cccc(Br)c2)ccc1Cl. The second kappa shape index (κ2) is 9.37. The van der Waals surface area contributed by atoms with E-state index in [-0.39, 0.29) is 13.0 Å². The number of aryl methyl sites for hydroxylation is 1. The summed E-state index contributed by atoms with van der Waals surface area (Å²) in [4.78, 5) is 26.1. The minimum absolute atomic E-state index is 0.160. The highest BCUT2D eigenvalue weighted by molar-refractivity contribution is 9.10. The number of carbonyl (C=O) groups excluding carboxylic acids is 2. The third-order valence-corrected chi connectivity index (χ3v) is 4.51. The summed E-state index contributed by atoms with van der Waals surface area (Å²) in [6.07, 6.45) is 0.160. The maximum atomic E-state index is 12.5. The molecule has 0 heterocycles. The quantitative estimate of drug-likeness (QED) is 0.626. The van der Waals surface area contributed by atoms with Crippen molar-refractivity contribution in [2.24, 2.45) is 0 Å². The molecule has 0 aliphatic heterocycles. The zero-order valence-corrected chi connectivity index (χ0v) is 16.4. The van der Waals surface area contributed by atoms with Crippen molar-refractivity contribution in [1.29, 1.82) is 5.26 Å². The first kappa shape index (κ1) is 20.0. The van der Waals surface area contributed by atoms with E-state index < -0.39 is 18.5 Å². The number of hydrogen-bond donors (Lipinski definition) is 0. The highest BCUT2D eigenvalue weighted by Gasteiger charge is 2.19. The molecule has 0 N–H and O–H groups in total. The van der Waals surface area contributed by atoms with Crippen molar-refractivity contribution in [1.82, 2.24) is 0 Å². The minimum Gasteiger partial charge on any atom is -0.452 e. The molecule has 0 aliphatic carbocycles. The van der Waals surface area contributed by atoms with Crippen LogP contribution in [0.2, 0.25) is 5.02 Å². The minimum atomic E-state index is -0.591. The van der Waals surface area contributed by atoms with Crippen LogP contribution in [0.25, 0.3) is 0 Å². The topological polar surface area (TPSA) is 70.4 Å². The summed E-state index contributed by atoms with van der Waals surface area (Å²) in [5, 5.41) is 9.42. The molecule has 2 aromatic carbocycles. The fraction of sp³-hybridized carbons (Fsp3) is 0.211. The van der Waals surface area contributed by atoms with Gasteiger partial charge in [-0.1, -0.05) is 33.6 Å². The zero-order valence-electron chi connectivity index (χ0n) is 14.0. The molecule has 134 valence electrons. The third-order valence-electron chi connectivity index (χ3n) is 3.59. The van der Waals surface area contributed by atoms with Gasteiger partial charge >= 0.3 is 5.97 Å². The number of esters is 1. The lowest BCUT2D eigenvalue weighted by Gasteiger charge is -2.22. The van der Waals surface area contributed by atoms with Gasteiger partial charge in [-0.3, -0.25) is 4.79 Å². The summed E-state index contributed by atoms with van der Waals surface area (Å²) < 4.78 is 5.86. The average molecular weight is 436 g/mol. The Morgan fingerprint density at radius 3 is 2.69 bits per heavy atom. The molecule has 0 spiro atoms. The molecule has 7 heteroatoms. The van der Waals surface area contributed by atoms with Crippen molar-refractivity contribution in [3.05, 3.63) is 63.1 Å². The van der Waals surface area contributed by atoms with Gasteiger partial charge in [0.1, 0.15) is 0 Å². The molecule has 0 atom stereocenters. The molecule has 0 aliphatic rings. The van der Waals surface area contributed by atoms with Crippen molar-refractivity contribution in [2.75, 3.05) is 18.1 Å². The van der Waals surface area contributed by atoms with E-state index in [1.165, 1.54) is 4.90 Å². The Morgan fingerprint density at radius 2 is 2.04 bits per heavy atom. The molecule has 0 fully saturated rings. The number of amides is 1. The number of anilines is 1. The smallest absolute Gasteiger partial charge is 0.338 e. The standard InChI is InChI=1S/C19H16BrClN2O3/c1-13-10-16(6-7-17(13)21)23(9-3-8-22)18(24)12-26-19(25)14-4-2-5-15(20)11-14/h2,4-7,10-11H,3,9,12H2,1H3. The van der Waals surface area contributed by atoms with Crippen molar-refractivity contribution in [3.63, 3.8) is 0 Å². The Morgan fingerprint density at radius 1 is 1.27 bits per heavy atom. The van der Waals surface area contributed by atoms with Crippen LogP contribution in [-0.2, 0) is 9.53 Å². The summed E-state index contributed by atoms with van der Waals surface area (Å²) >= 11 is 9.30. The summed E-state index contributed by atoms with van der Waals surface area (Å²) in [5.74, 6) is -1.00. The van der Waals surface area contributed by atoms with Crippen molar-refractivity contribution in [2.45, 2.75) is 13.3 Å². The number of benzene rings is 2. The number of ether oxygens (including phenoxy) is 1. The predicted molar refractivity (Wildman–Crippen MR) is 103 cm³/mol. The monoisotopic (exact) mass is 434 g/mol. The zero-order chi connectivity index (χ0) is 19.1. The third kappa shape index (κ3) is 5.32. The molecule has 5 nitrogen and oxygen atoms in total. The fourth-order valence-corrected chi connectivity index (χ4v) is 2.78. The average Bonchev–Trinajstić information content (AvgIpc) is 2.62. The molecule has 0 saturated carbocycles. The van der Waals surface area contributed by atoms with Gasteiger partial charge in [0.2, 0.25) is 0 Å². The van der Waals surface area contributed by atoms with Crippen LogP contribution in [0.3, 0.4) is 0 Å². The van der Waals surface area contributed by atoms with E-state index in [0.29, 0.717) is 16.3 Å². The van der Waals surface area contributed by atoms with Gasteiger partial charge in [0.25, 0.3) is 5.91 Å². The van der Waals surface area contributed by atoms with Gasteiger partial charge in [-0.05, 0) is 48.9 Å². The highest BCUT2D eigenvalue weighted by atomic mass is 79.9. The summed E-state index contributed by atoms with van der Waals surface area (Å²) in [7, 11) is 0. The van der Waals surface area contributed by atoms with Crippen LogP contribution in [-0.4, -0.2) is 25.0 Å². The van der Waals surface area contributed by atoms with E-state index in [2.05, 4.69) is 15.9 Å². The van der Waals surface area contributed by atoms with E-state index in [1.807, 2.05) is 13.0 Å². The first-order chi connectivity index (χ1) is 12.4. The molecule has 26 heavy (non-hydrogen) atoms. The summed E-state index contributed by atoms with van der Waals surface area (Å²) in [6.45, 7) is 1.61. The normalized spacial score (nSPS) is 10.1. The van der Waals surface area contributed by atoms with Crippen molar-refractivity contribution >= 4 is 45.1 Å². The molecular formula is C19H16BrClN2O3. The van der Waals surface area contributed by atoms with E-state index in [0.717, 1.165) is 10.0 Å². The summed E-state index contributed by atoms with van der Waals surface area (Å²) in [5.41, 5.74) is 1.76. The largest absolute Gasteiger partial charge is 0.452 e. The van der Waals surface area contributed by atoms with Crippen LogP contribution in [0.4, 0.5) is 5.69 Å². The summed E-state index contributed by atoms with van der Waals surface area (Å²) in [6, 6.07) is 13.9. The second-order valence-electron chi connectivity index (χ2n) is 5.47. The highest BCUT2D eigenvalue weighted by Crippen LogP contribution is 2.23. The van der Waals surface area contributed by atoms with Crippen LogP contribution < -0.4 is 4.90 Å². The first-order valence-electron chi connectivity index (χ1n) is 7.78. The number of nitriles is 1. The lowest BCUT2D eigenvalue weighted by atomic mass is 10.2. The maximum Gasteiger partial charge on any atom is 0.338 e. The lowest BCUT2D eigenvalue weighted by molar-refractivity contribution is -0.121. The van der Waals surface area contributed by atoms with Gasteiger partial charge < -0.3 is 9.64 Å². The van der Waals surface area contributed by atoms with Crippen molar-refractivity contribution < 1.29 is 14.3 Å². The lowest BCUT2D eigenvalue weighted by Crippen LogP contribution is -2.35. The van der Waals surface area contributed by atoms with E-state index in [4.69, 9.17) is 21.6 Å². The fourth-order valence-electron chi connectivity index (χ4n) is 2.26. The number of rotatable bonds is 6. The Bertz CT molecular complexity index is 864. The van der Waals surface area contributed by atoms with Crippen LogP contribution in [0.1, 0.15) is 22.3 Å². The predicted octanol–water partition coefficient (Wildman–Crippen LogP) is 4.51. The van der Waals surface area contributed by atoms with Crippen LogP contribution in [0.5, 0.6) is 0 Å². The molecule has 0 radical (unpaired) electrons. The van der Waals surface area contributed by atoms with E-state index >= 15 is 0 Å². The van der Waals surface area contributed by atoms with Crippen LogP contribution in [0.15, 0.2) is 46.9 Å². The van der Waals surface area contributed by atoms with Gasteiger partial charge in [0.15, 0.2) is 6.61 Å². The van der Waals surface area contributed by atoms with Gasteiger partial charge in [-0.25, -0.2) is 4.79 Å². The maximum absolute atomic E-state index is 12.5. The number of carbonyl (C=O) groups is 2. The van der Waals surface area contributed by atoms with Gasteiger partial charge in [0, 0.05) is 21.7 Å². The Balaban J connectivity index is 2.10. The van der Waals surface area contributed by atoms with Gasteiger partial charge in [-0.15, -0.1) is 0 Å². The van der Waals surface area contributed by atoms with Gasteiger partial charge in [0.05, 0.1) is 18.1 Å². The molecule has 2 rings (SSSR count). The van der Waals surface area contributed by atoms with Crippen LogP contribution >= 0.6 is 27.5 Å². The number of hydrogen-bond acceptors (Lipinski definition) is 4. The molecule has 0 saturated heterocycles. The number of halogens is 2. The molecule has 1 amide bonds. The second-order valence-corrected chi connectivity index (χ2v) is 6.80. The molecular weight excluding hydrogens is 420 g/mol. The molecule has 0 aromatic heterocycles. The van der Waals surface area contributed by atoms with Gasteiger partial charge in [-0.2, -0.15) is 5.26 Å². The first-order valence-corrected chi connectivity index (χ1v) is 8.95. The molecule has 0 bridgehead atoms. The Labute approximate surface area is 165 Å². The Hall–Kier alpha value is -2.36. The van der Waals surface area contributed by atoms with Crippen LogP contribution in [0, 0.1) is 18.3 Å². The van der Waals surface area contributed by atoms with Crippen molar-refractivity contribution in [3.8, 4) is 6.07 Å².